The van der Waals surface area contributed by atoms with Gasteiger partial charge in [0.1, 0.15) is 17.2 Å². The van der Waals surface area contributed by atoms with Crippen LogP contribution in [0.15, 0.2) is 47.4 Å². The molecule has 4 nitrogen and oxygen atoms in total. The van der Waals surface area contributed by atoms with Crippen LogP contribution in [0.3, 0.4) is 0 Å². The fraction of sp³-hybridized carbons (Fsp3) is 0.167. The fourth-order valence-electron chi connectivity index (χ4n) is 2.79. The van der Waals surface area contributed by atoms with Crippen LogP contribution in [-0.4, -0.2) is 24.9 Å². The van der Waals surface area contributed by atoms with E-state index in [1.54, 1.807) is 0 Å². The van der Waals surface area contributed by atoms with Gasteiger partial charge in [-0.3, -0.25) is 5.10 Å². The standard InChI is InChI=1S/C18H14F4N2O2S/c1-10-9-12(19)5-8-14(10)15-16(23-24-17(15)18(20,21)22)11-3-6-13(7-4-11)27(2,25)26/h3-9H,1-2H3,(H,23,24). The Morgan fingerprint density at radius 1 is 1.04 bits per heavy atom. The molecule has 0 saturated carbocycles. The van der Waals surface area contributed by atoms with Crippen molar-refractivity contribution in [1.29, 1.82) is 0 Å². The maximum Gasteiger partial charge on any atom is 0.433 e. The lowest BCUT2D eigenvalue weighted by molar-refractivity contribution is -0.140. The second-order valence-corrected chi connectivity index (χ2v) is 8.09. The number of aryl methyl sites for hydroxylation is 1. The van der Waals surface area contributed by atoms with Crippen molar-refractivity contribution in [1.82, 2.24) is 10.2 Å². The van der Waals surface area contributed by atoms with Crippen molar-refractivity contribution in [2.24, 2.45) is 0 Å². The average molecular weight is 398 g/mol. The third-order valence-electron chi connectivity index (χ3n) is 4.06. The van der Waals surface area contributed by atoms with Gasteiger partial charge in [0.2, 0.25) is 0 Å². The first kappa shape index (κ1) is 19.1. The second kappa shape index (κ2) is 6.49. The Bertz CT molecular complexity index is 1100. The second-order valence-electron chi connectivity index (χ2n) is 6.08. The predicted octanol–water partition coefficient (Wildman–Crippen LogP) is 4.61. The lowest BCUT2D eigenvalue weighted by Crippen LogP contribution is -2.07. The van der Waals surface area contributed by atoms with Gasteiger partial charge in [-0.25, -0.2) is 12.8 Å². The molecule has 9 heteroatoms. The van der Waals surface area contributed by atoms with Crippen molar-refractivity contribution < 1.29 is 26.0 Å². The quantitative estimate of drug-likeness (QED) is 0.655. The molecule has 1 heterocycles. The molecule has 1 N–H and O–H groups in total. The number of nitrogens with zero attached hydrogens (tertiary/aromatic N) is 1. The van der Waals surface area contributed by atoms with Crippen molar-refractivity contribution in [3.63, 3.8) is 0 Å². The van der Waals surface area contributed by atoms with Crippen molar-refractivity contribution in [3.8, 4) is 22.4 Å². The van der Waals surface area contributed by atoms with E-state index < -0.39 is 27.5 Å². The minimum Gasteiger partial charge on any atom is -0.272 e. The maximum atomic E-state index is 13.5. The number of nitrogens with one attached hydrogen (secondary N) is 1. The molecular weight excluding hydrogens is 384 g/mol. The third kappa shape index (κ3) is 3.73. The highest BCUT2D eigenvalue weighted by Gasteiger charge is 2.38. The van der Waals surface area contributed by atoms with Gasteiger partial charge in [0.05, 0.1) is 4.90 Å². The summed E-state index contributed by atoms with van der Waals surface area (Å²) in [4.78, 5) is 0.0392. The van der Waals surface area contributed by atoms with Gasteiger partial charge in [0.25, 0.3) is 0 Å². The molecule has 0 amide bonds. The number of hydrogen-bond donors (Lipinski definition) is 1. The molecule has 27 heavy (non-hydrogen) atoms. The van der Waals surface area contributed by atoms with Crippen molar-refractivity contribution in [2.75, 3.05) is 6.26 Å². The van der Waals surface area contributed by atoms with Gasteiger partial charge in [-0.15, -0.1) is 0 Å². The summed E-state index contributed by atoms with van der Waals surface area (Å²) in [6, 6.07) is 8.84. The summed E-state index contributed by atoms with van der Waals surface area (Å²) in [6.07, 6.45) is -3.67. The molecule has 0 aliphatic heterocycles. The lowest BCUT2D eigenvalue weighted by atomic mass is 9.95. The van der Waals surface area contributed by atoms with E-state index in [1.165, 1.54) is 37.3 Å². The summed E-state index contributed by atoms with van der Waals surface area (Å²) in [5, 5.41) is 5.81. The van der Waals surface area contributed by atoms with Crippen LogP contribution in [0.5, 0.6) is 0 Å². The number of sulfone groups is 1. The molecule has 3 rings (SSSR count). The first-order valence-electron chi connectivity index (χ1n) is 7.71. The number of aromatic amines is 1. The summed E-state index contributed by atoms with van der Waals surface area (Å²) < 4.78 is 77.0. The Hall–Kier alpha value is -2.68. The molecule has 2 aromatic carbocycles. The van der Waals surface area contributed by atoms with Crippen molar-refractivity contribution in [3.05, 3.63) is 59.5 Å². The molecule has 0 spiro atoms. The molecule has 0 saturated heterocycles. The van der Waals surface area contributed by atoms with E-state index in [-0.39, 0.29) is 21.7 Å². The molecule has 1 aromatic heterocycles. The zero-order chi connectivity index (χ0) is 20.0. The van der Waals surface area contributed by atoms with E-state index in [1.807, 2.05) is 5.10 Å². The lowest BCUT2D eigenvalue weighted by Gasteiger charge is -2.12. The Labute approximate surface area is 152 Å². The maximum absolute atomic E-state index is 13.5. The minimum atomic E-state index is -4.70. The summed E-state index contributed by atoms with van der Waals surface area (Å²) in [5.74, 6) is -0.563. The van der Waals surface area contributed by atoms with E-state index in [2.05, 4.69) is 5.10 Å². The number of halogens is 4. The number of H-pyrrole nitrogens is 1. The van der Waals surface area contributed by atoms with Crippen molar-refractivity contribution >= 4 is 9.84 Å². The van der Waals surface area contributed by atoms with Crippen LogP contribution >= 0.6 is 0 Å². The summed E-state index contributed by atoms with van der Waals surface area (Å²) in [5.41, 5.74) is -0.480. The molecule has 3 aromatic rings. The number of hydrogen-bond acceptors (Lipinski definition) is 3. The normalized spacial score (nSPS) is 12.4. The Morgan fingerprint density at radius 2 is 1.67 bits per heavy atom. The SMILES string of the molecule is Cc1cc(F)ccc1-c1c(-c2ccc(S(C)(=O)=O)cc2)n[nH]c1C(F)(F)F. The zero-order valence-corrected chi connectivity index (χ0v) is 15.0. The van der Waals surface area contributed by atoms with E-state index in [0.29, 0.717) is 11.1 Å². The van der Waals surface area contributed by atoms with Gasteiger partial charge in [-0.2, -0.15) is 18.3 Å². The first-order valence-corrected chi connectivity index (χ1v) is 9.60. The Morgan fingerprint density at radius 3 is 2.19 bits per heavy atom. The fourth-order valence-corrected chi connectivity index (χ4v) is 3.42. The molecular formula is C18H14F4N2O2S. The Balaban J connectivity index is 2.24. The van der Waals surface area contributed by atoms with Crippen LogP contribution in [0.2, 0.25) is 0 Å². The first-order chi connectivity index (χ1) is 12.5. The largest absolute Gasteiger partial charge is 0.433 e. The van der Waals surface area contributed by atoms with E-state index in [9.17, 15) is 26.0 Å². The van der Waals surface area contributed by atoms with Gasteiger partial charge in [0, 0.05) is 17.4 Å². The highest BCUT2D eigenvalue weighted by Crippen LogP contribution is 2.42. The minimum absolute atomic E-state index is 0.00270. The molecule has 142 valence electrons. The van der Waals surface area contributed by atoms with Gasteiger partial charge < -0.3 is 0 Å². The van der Waals surface area contributed by atoms with Gasteiger partial charge in [0.15, 0.2) is 9.84 Å². The van der Waals surface area contributed by atoms with Crippen LogP contribution in [0.25, 0.3) is 22.4 Å². The molecule has 0 aliphatic rings. The average Bonchev–Trinajstić information content (AvgIpc) is 2.99. The highest BCUT2D eigenvalue weighted by molar-refractivity contribution is 7.90. The van der Waals surface area contributed by atoms with Crippen LogP contribution in [0, 0.1) is 12.7 Å². The molecule has 0 bridgehead atoms. The molecule has 0 aliphatic carbocycles. The number of alkyl halides is 3. The van der Waals surface area contributed by atoms with E-state index in [4.69, 9.17) is 0 Å². The van der Waals surface area contributed by atoms with Crippen LogP contribution in [0.1, 0.15) is 11.3 Å². The van der Waals surface area contributed by atoms with Gasteiger partial charge in [-0.1, -0.05) is 18.2 Å². The van der Waals surface area contributed by atoms with Crippen LogP contribution in [0.4, 0.5) is 17.6 Å². The Kier molecular flexibility index (Phi) is 4.59. The van der Waals surface area contributed by atoms with Crippen molar-refractivity contribution in [2.45, 2.75) is 18.0 Å². The third-order valence-corrected chi connectivity index (χ3v) is 5.19. The number of benzene rings is 2. The zero-order valence-electron chi connectivity index (χ0n) is 14.2. The molecule has 0 radical (unpaired) electrons. The number of rotatable bonds is 3. The smallest absolute Gasteiger partial charge is 0.272 e. The number of aromatic nitrogens is 2. The molecule has 0 unspecified atom stereocenters. The predicted molar refractivity (Wildman–Crippen MR) is 92.3 cm³/mol. The molecule has 0 atom stereocenters. The highest BCUT2D eigenvalue weighted by atomic mass is 32.2. The van der Waals surface area contributed by atoms with Gasteiger partial charge in [-0.05, 0) is 42.3 Å². The van der Waals surface area contributed by atoms with Crippen LogP contribution < -0.4 is 0 Å². The summed E-state index contributed by atoms with van der Waals surface area (Å²) in [6.45, 7) is 1.50. The summed E-state index contributed by atoms with van der Waals surface area (Å²) >= 11 is 0. The molecule has 0 fully saturated rings. The topological polar surface area (TPSA) is 62.8 Å². The van der Waals surface area contributed by atoms with Gasteiger partial charge >= 0.3 is 6.18 Å². The van der Waals surface area contributed by atoms with E-state index in [0.717, 1.165) is 18.4 Å². The van der Waals surface area contributed by atoms with E-state index >= 15 is 0 Å². The monoisotopic (exact) mass is 398 g/mol. The summed E-state index contributed by atoms with van der Waals surface area (Å²) in [7, 11) is -3.44. The van der Waals surface area contributed by atoms with Crippen LogP contribution in [-0.2, 0) is 16.0 Å².